The molecule has 0 bridgehead atoms. The minimum absolute atomic E-state index is 0.0226. The number of aromatic nitrogens is 2. The molecule has 2 aromatic carbocycles. The largest absolute Gasteiger partial charge is 0.394 e. The fraction of sp³-hybridized carbons (Fsp3) is 0.227. The number of nitrogens with one attached hydrogen (secondary N) is 1. The molecule has 6 heteroatoms. The minimum atomic E-state index is -0.514. The summed E-state index contributed by atoms with van der Waals surface area (Å²) in [5.74, 6) is -0.514. The molecule has 1 aromatic heterocycles. The van der Waals surface area contributed by atoms with Gasteiger partial charge in [0.15, 0.2) is 0 Å². The second-order valence-corrected chi connectivity index (χ2v) is 6.52. The van der Waals surface area contributed by atoms with Crippen LogP contribution in [-0.2, 0) is 7.05 Å². The average Bonchev–Trinajstić information content (AvgIpc) is 2.74. The highest BCUT2D eigenvalue weighted by atomic mass is 16.3. The maximum atomic E-state index is 13.1. The maximum Gasteiger partial charge on any atom is 0.280 e. The van der Waals surface area contributed by atoms with Gasteiger partial charge in [-0.15, -0.1) is 0 Å². The average molecular weight is 377 g/mol. The molecule has 144 valence electrons. The Labute approximate surface area is 163 Å². The number of rotatable bonds is 6. The van der Waals surface area contributed by atoms with Crippen LogP contribution in [0.25, 0.3) is 22.4 Å². The van der Waals surface area contributed by atoms with Crippen molar-refractivity contribution in [2.24, 2.45) is 7.05 Å². The molecule has 0 saturated carbocycles. The second kappa shape index (κ2) is 8.63. The first-order valence-electron chi connectivity index (χ1n) is 9.20. The first-order valence-corrected chi connectivity index (χ1v) is 9.20. The van der Waals surface area contributed by atoms with Crippen molar-refractivity contribution in [2.45, 2.75) is 19.4 Å². The van der Waals surface area contributed by atoms with Crippen molar-refractivity contribution in [3.05, 3.63) is 76.6 Å². The van der Waals surface area contributed by atoms with Crippen molar-refractivity contribution in [1.82, 2.24) is 15.1 Å². The lowest BCUT2D eigenvalue weighted by Gasteiger charge is -2.18. The van der Waals surface area contributed by atoms with E-state index in [-0.39, 0.29) is 12.2 Å². The number of benzene rings is 2. The monoisotopic (exact) mass is 377 g/mol. The number of carbonyl (C=O) groups excluding carboxylic acids is 1. The number of carbonyl (C=O) groups is 1. The smallest absolute Gasteiger partial charge is 0.280 e. The summed E-state index contributed by atoms with van der Waals surface area (Å²) in [6.45, 7) is 1.67. The van der Waals surface area contributed by atoms with Crippen LogP contribution in [0.3, 0.4) is 0 Å². The summed E-state index contributed by atoms with van der Waals surface area (Å²) in [6, 6.07) is 18.3. The Morgan fingerprint density at radius 2 is 1.64 bits per heavy atom. The first-order chi connectivity index (χ1) is 13.6. The van der Waals surface area contributed by atoms with E-state index in [0.29, 0.717) is 17.7 Å². The first kappa shape index (κ1) is 19.5. The lowest BCUT2D eigenvalue weighted by atomic mass is 9.95. The molecule has 1 heterocycles. The Balaban J connectivity index is 2.30. The van der Waals surface area contributed by atoms with Gasteiger partial charge >= 0.3 is 0 Å². The van der Waals surface area contributed by atoms with Crippen LogP contribution in [-0.4, -0.2) is 33.4 Å². The van der Waals surface area contributed by atoms with E-state index in [1.54, 1.807) is 0 Å². The summed E-state index contributed by atoms with van der Waals surface area (Å²) in [4.78, 5) is 26.0. The highest BCUT2D eigenvalue weighted by Gasteiger charge is 2.25. The standard InChI is InChI=1S/C22H23N3O3/c1-3-17(14-26)23-21(27)19-18(15-10-6-4-7-11-15)20(24-25(2)22(19)28)16-12-8-5-9-13-16/h4-13,17,26H,3,14H2,1-2H3,(H,23,27). The fourth-order valence-corrected chi connectivity index (χ4v) is 3.06. The summed E-state index contributed by atoms with van der Waals surface area (Å²) in [6.07, 6.45) is 0.555. The minimum Gasteiger partial charge on any atom is -0.394 e. The molecule has 3 rings (SSSR count). The van der Waals surface area contributed by atoms with E-state index >= 15 is 0 Å². The molecule has 1 unspecified atom stereocenters. The topological polar surface area (TPSA) is 84.2 Å². The Kier molecular flexibility index (Phi) is 6.01. The number of amides is 1. The van der Waals surface area contributed by atoms with Crippen LogP contribution in [0.5, 0.6) is 0 Å². The van der Waals surface area contributed by atoms with Gasteiger partial charge in [0, 0.05) is 18.2 Å². The van der Waals surface area contributed by atoms with Crippen LogP contribution in [0.2, 0.25) is 0 Å². The molecule has 6 nitrogen and oxygen atoms in total. The van der Waals surface area contributed by atoms with Crippen LogP contribution < -0.4 is 10.9 Å². The molecule has 0 fully saturated rings. The summed E-state index contributed by atoms with van der Waals surface area (Å²) in [5, 5.41) is 16.7. The van der Waals surface area contributed by atoms with Gasteiger partial charge in [-0.25, -0.2) is 4.68 Å². The van der Waals surface area contributed by atoms with E-state index in [4.69, 9.17) is 0 Å². The van der Waals surface area contributed by atoms with E-state index in [9.17, 15) is 14.7 Å². The molecule has 0 spiro atoms. The van der Waals surface area contributed by atoms with Crippen LogP contribution in [0, 0.1) is 0 Å². The molecule has 0 saturated heterocycles. The molecular formula is C22H23N3O3. The number of hydrogen-bond acceptors (Lipinski definition) is 4. The molecule has 28 heavy (non-hydrogen) atoms. The molecule has 3 aromatic rings. The van der Waals surface area contributed by atoms with Crippen LogP contribution in [0.4, 0.5) is 0 Å². The lowest BCUT2D eigenvalue weighted by Crippen LogP contribution is -2.41. The van der Waals surface area contributed by atoms with E-state index in [2.05, 4.69) is 10.4 Å². The maximum absolute atomic E-state index is 13.1. The van der Waals surface area contributed by atoms with E-state index < -0.39 is 17.5 Å². The van der Waals surface area contributed by atoms with Gasteiger partial charge in [0.25, 0.3) is 11.5 Å². The summed E-state index contributed by atoms with van der Waals surface area (Å²) >= 11 is 0. The summed E-state index contributed by atoms with van der Waals surface area (Å²) in [5.41, 5.74) is 2.11. The van der Waals surface area contributed by atoms with Crippen LogP contribution in [0.1, 0.15) is 23.7 Å². The molecule has 2 N–H and O–H groups in total. The quantitative estimate of drug-likeness (QED) is 0.692. The SMILES string of the molecule is CCC(CO)NC(=O)c1c(-c2ccccc2)c(-c2ccccc2)nn(C)c1=O. The van der Waals surface area contributed by atoms with Gasteiger partial charge in [-0.3, -0.25) is 9.59 Å². The number of aryl methyl sites for hydroxylation is 1. The molecule has 0 radical (unpaired) electrons. The molecule has 1 atom stereocenters. The van der Waals surface area contributed by atoms with Gasteiger partial charge in [0.1, 0.15) is 5.56 Å². The van der Waals surface area contributed by atoms with Crippen molar-refractivity contribution in [3.63, 3.8) is 0 Å². The predicted molar refractivity (Wildman–Crippen MR) is 109 cm³/mol. The Hall–Kier alpha value is -3.25. The lowest BCUT2D eigenvalue weighted by molar-refractivity contribution is 0.0913. The number of hydrogen-bond donors (Lipinski definition) is 2. The Morgan fingerprint density at radius 3 is 2.18 bits per heavy atom. The van der Waals surface area contributed by atoms with E-state index in [1.807, 2.05) is 67.6 Å². The molecule has 1 amide bonds. The van der Waals surface area contributed by atoms with Gasteiger partial charge in [-0.05, 0) is 12.0 Å². The highest BCUT2D eigenvalue weighted by molar-refractivity contribution is 6.03. The Morgan fingerprint density at radius 1 is 1.07 bits per heavy atom. The van der Waals surface area contributed by atoms with E-state index in [0.717, 1.165) is 11.1 Å². The van der Waals surface area contributed by atoms with Crippen molar-refractivity contribution in [2.75, 3.05) is 6.61 Å². The number of aliphatic hydroxyl groups excluding tert-OH is 1. The predicted octanol–water partition coefficient (Wildman–Crippen LogP) is 2.62. The van der Waals surface area contributed by atoms with Gasteiger partial charge in [-0.2, -0.15) is 5.10 Å². The molecular weight excluding hydrogens is 354 g/mol. The molecule has 0 aliphatic carbocycles. The van der Waals surface area contributed by atoms with Crippen molar-refractivity contribution < 1.29 is 9.90 Å². The molecule has 0 aliphatic heterocycles. The van der Waals surface area contributed by atoms with Gasteiger partial charge < -0.3 is 10.4 Å². The third kappa shape index (κ3) is 3.87. The van der Waals surface area contributed by atoms with Crippen LogP contribution in [0.15, 0.2) is 65.5 Å². The number of nitrogens with zero attached hydrogens (tertiary/aromatic N) is 2. The number of aliphatic hydroxyl groups is 1. The van der Waals surface area contributed by atoms with Gasteiger partial charge in [0.2, 0.25) is 0 Å². The van der Waals surface area contributed by atoms with E-state index in [1.165, 1.54) is 11.7 Å². The zero-order valence-corrected chi connectivity index (χ0v) is 15.9. The normalized spacial score (nSPS) is 11.8. The Bertz CT molecular complexity index is 1010. The zero-order valence-electron chi connectivity index (χ0n) is 15.9. The summed E-state index contributed by atoms with van der Waals surface area (Å²) < 4.78 is 1.18. The highest BCUT2D eigenvalue weighted by Crippen LogP contribution is 2.31. The molecule has 0 aliphatic rings. The van der Waals surface area contributed by atoms with Gasteiger partial charge in [0.05, 0.1) is 18.3 Å². The third-order valence-corrected chi connectivity index (χ3v) is 4.63. The van der Waals surface area contributed by atoms with Crippen molar-refractivity contribution in [1.29, 1.82) is 0 Å². The fourth-order valence-electron chi connectivity index (χ4n) is 3.06. The third-order valence-electron chi connectivity index (χ3n) is 4.63. The second-order valence-electron chi connectivity index (χ2n) is 6.52. The van der Waals surface area contributed by atoms with Gasteiger partial charge in [-0.1, -0.05) is 67.6 Å². The van der Waals surface area contributed by atoms with Crippen molar-refractivity contribution >= 4 is 5.91 Å². The van der Waals surface area contributed by atoms with Crippen molar-refractivity contribution in [3.8, 4) is 22.4 Å². The summed E-state index contributed by atoms with van der Waals surface area (Å²) in [7, 11) is 1.53. The van der Waals surface area contributed by atoms with Crippen LogP contribution >= 0.6 is 0 Å². The zero-order chi connectivity index (χ0) is 20.1.